The lowest BCUT2D eigenvalue weighted by atomic mass is 10.1. The van der Waals surface area contributed by atoms with Gasteiger partial charge >= 0.3 is 0 Å². The van der Waals surface area contributed by atoms with Crippen LogP contribution in [0.1, 0.15) is 5.56 Å². The van der Waals surface area contributed by atoms with E-state index in [1.807, 2.05) is 37.3 Å². The molecule has 1 aromatic heterocycles. The lowest BCUT2D eigenvalue weighted by Gasteiger charge is -2.10. The SMILES string of the molecule is Cc1ccc(Cl)c2c1c1ccccc1n2S(=O)(=O)c1ccccc1. The number of benzene rings is 3. The molecule has 120 valence electrons. The summed E-state index contributed by atoms with van der Waals surface area (Å²) >= 11 is 6.41. The van der Waals surface area contributed by atoms with Crippen molar-refractivity contribution in [3.05, 3.63) is 77.3 Å². The fraction of sp³-hybridized carbons (Fsp3) is 0.0526. The lowest BCUT2D eigenvalue weighted by Crippen LogP contribution is -2.12. The van der Waals surface area contributed by atoms with Crippen LogP contribution >= 0.6 is 11.6 Å². The molecule has 0 saturated heterocycles. The molecule has 0 radical (unpaired) electrons. The van der Waals surface area contributed by atoms with E-state index in [1.165, 1.54) is 3.97 Å². The lowest BCUT2D eigenvalue weighted by molar-refractivity contribution is 0.590. The van der Waals surface area contributed by atoms with Crippen molar-refractivity contribution in [1.29, 1.82) is 0 Å². The summed E-state index contributed by atoms with van der Waals surface area (Å²) in [4.78, 5) is 0.241. The van der Waals surface area contributed by atoms with E-state index < -0.39 is 10.0 Å². The molecule has 0 fully saturated rings. The molecule has 0 aliphatic rings. The van der Waals surface area contributed by atoms with Crippen LogP contribution in [0.25, 0.3) is 21.8 Å². The monoisotopic (exact) mass is 355 g/mol. The normalized spacial score (nSPS) is 12.1. The molecule has 0 aliphatic heterocycles. The highest BCUT2D eigenvalue weighted by molar-refractivity contribution is 7.90. The van der Waals surface area contributed by atoms with Crippen LogP contribution in [-0.4, -0.2) is 12.4 Å². The molecular formula is C19H14ClNO2S. The fourth-order valence-electron chi connectivity index (χ4n) is 3.14. The molecule has 0 saturated carbocycles. The van der Waals surface area contributed by atoms with Crippen LogP contribution in [-0.2, 0) is 10.0 Å². The molecular weight excluding hydrogens is 342 g/mol. The Kier molecular flexibility index (Phi) is 3.41. The van der Waals surface area contributed by atoms with Gasteiger partial charge in [-0.15, -0.1) is 0 Å². The maximum atomic E-state index is 13.3. The Labute approximate surface area is 145 Å². The smallest absolute Gasteiger partial charge is 0.232 e. The highest BCUT2D eigenvalue weighted by Crippen LogP contribution is 2.37. The van der Waals surface area contributed by atoms with Crippen LogP contribution in [0.15, 0.2) is 71.6 Å². The zero-order chi connectivity index (χ0) is 16.9. The summed E-state index contributed by atoms with van der Waals surface area (Å²) < 4.78 is 27.9. The maximum absolute atomic E-state index is 13.3. The minimum Gasteiger partial charge on any atom is -0.232 e. The topological polar surface area (TPSA) is 39.1 Å². The van der Waals surface area contributed by atoms with Gasteiger partial charge < -0.3 is 0 Å². The number of aryl methyl sites for hydroxylation is 1. The van der Waals surface area contributed by atoms with Crippen molar-refractivity contribution in [2.24, 2.45) is 0 Å². The number of nitrogens with zero attached hydrogens (tertiary/aromatic N) is 1. The predicted octanol–water partition coefficient (Wildman–Crippen LogP) is 4.99. The first-order chi connectivity index (χ1) is 11.5. The molecule has 4 rings (SSSR count). The first-order valence-electron chi connectivity index (χ1n) is 7.50. The summed E-state index contributed by atoms with van der Waals surface area (Å²) in [5.41, 5.74) is 2.15. The first kappa shape index (κ1) is 15.2. The zero-order valence-corrected chi connectivity index (χ0v) is 14.5. The largest absolute Gasteiger partial charge is 0.268 e. The van der Waals surface area contributed by atoms with Crippen molar-refractivity contribution in [1.82, 2.24) is 3.97 Å². The van der Waals surface area contributed by atoms with Crippen LogP contribution in [0, 0.1) is 6.92 Å². The molecule has 0 spiro atoms. The molecule has 0 bridgehead atoms. The van der Waals surface area contributed by atoms with Gasteiger partial charge in [0.15, 0.2) is 0 Å². The third-order valence-electron chi connectivity index (χ3n) is 4.21. The third kappa shape index (κ3) is 2.07. The third-order valence-corrected chi connectivity index (χ3v) is 6.25. The number of hydrogen-bond acceptors (Lipinski definition) is 2. The van der Waals surface area contributed by atoms with Gasteiger partial charge in [0.2, 0.25) is 0 Å². The summed E-state index contributed by atoms with van der Waals surface area (Å²) in [6.45, 7) is 1.96. The molecule has 3 aromatic carbocycles. The second kappa shape index (κ2) is 5.36. The molecule has 5 heteroatoms. The van der Waals surface area contributed by atoms with Crippen LogP contribution < -0.4 is 0 Å². The number of hydrogen-bond donors (Lipinski definition) is 0. The second-order valence-electron chi connectivity index (χ2n) is 5.69. The molecule has 3 nitrogen and oxygen atoms in total. The molecule has 0 amide bonds. The van der Waals surface area contributed by atoms with Crippen molar-refractivity contribution < 1.29 is 8.42 Å². The van der Waals surface area contributed by atoms with Crippen molar-refractivity contribution in [3.8, 4) is 0 Å². The average Bonchev–Trinajstić information content (AvgIpc) is 2.96. The summed E-state index contributed by atoms with van der Waals surface area (Å²) in [5, 5.41) is 2.18. The van der Waals surface area contributed by atoms with E-state index in [4.69, 9.17) is 11.6 Å². The number of aromatic nitrogens is 1. The van der Waals surface area contributed by atoms with Crippen molar-refractivity contribution in [3.63, 3.8) is 0 Å². The minimum absolute atomic E-state index is 0.241. The molecule has 0 unspecified atom stereocenters. The Morgan fingerprint density at radius 3 is 2.29 bits per heavy atom. The number of para-hydroxylation sites is 1. The molecule has 0 aliphatic carbocycles. The molecule has 24 heavy (non-hydrogen) atoms. The highest BCUT2D eigenvalue weighted by Gasteiger charge is 2.25. The van der Waals surface area contributed by atoms with Crippen molar-refractivity contribution >= 4 is 43.4 Å². The Balaban J connectivity index is 2.25. The Morgan fingerprint density at radius 1 is 0.875 bits per heavy atom. The highest BCUT2D eigenvalue weighted by atomic mass is 35.5. The molecule has 0 atom stereocenters. The van der Waals surface area contributed by atoms with Gasteiger partial charge in [-0.25, -0.2) is 12.4 Å². The fourth-order valence-corrected chi connectivity index (χ4v) is 4.99. The molecule has 0 N–H and O–H groups in total. The Hall–Kier alpha value is -2.30. The standard InChI is InChI=1S/C19H14ClNO2S/c1-13-11-12-16(20)19-18(13)15-9-5-6-10-17(15)21(19)24(22,23)14-7-3-2-4-8-14/h2-12H,1H3. The Morgan fingerprint density at radius 2 is 1.54 bits per heavy atom. The zero-order valence-electron chi connectivity index (χ0n) is 12.9. The van der Waals surface area contributed by atoms with E-state index >= 15 is 0 Å². The summed E-state index contributed by atoms with van der Waals surface area (Å²) in [5.74, 6) is 0. The Bertz CT molecular complexity index is 1180. The quantitative estimate of drug-likeness (QED) is 0.508. The van der Waals surface area contributed by atoms with E-state index in [0.717, 1.165) is 16.3 Å². The summed E-state index contributed by atoms with van der Waals surface area (Å²) in [6.07, 6.45) is 0. The van der Waals surface area contributed by atoms with Gasteiger partial charge in [0.05, 0.1) is 21.0 Å². The van der Waals surface area contributed by atoms with E-state index in [0.29, 0.717) is 16.1 Å². The number of halogens is 1. The van der Waals surface area contributed by atoms with Crippen LogP contribution in [0.4, 0.5) is 0 Å². The second-order valence-corrected chi connectivity index (χ2v) is 7.88. The van der Waals surface area contributed by atoms with Gasteiger partial charge in [-0.1, -0.05) is 54.1 Å². The van der Waals surface area contributed by atoms with Gasteiger partial charge in [-0.05, 0) is 36.8 Å². The van der Waals surface area contributed by atoms with Crippen LogP contribution in [0.5, 0.6) is 0 Å². The molecule has 1 heterocycles. The van der Waals surface area contributed by atoms with Crippen LogP contribution in [0.2, 0.25) is 5.02 Å². The van der Waals surface area contributed by atoms with E-state index in [-0.39, 0.29) is 4.90 Å². The van der Waals surface area contributed by atoms with Gasteiger partial charge in [0.25, 0.3) is 10.0 Å². The van der Waals surface area contributed by atoms with E-state index in [9.17, 15) is 8.42 Å². The average molecular weight is 356 g/mol. The van der Waals surface area contributed by atoms with Crippen LogP contribution in [0.3, 0.4) is 0 Å². The van der Waals surface area contributed by atoms with E-state index in [2.05, 4.69) is 0 Å². The van der Waals surface area contributed by atoms with Crippen molar-refractivity contribution in [2.75, 3.05) is 0 Å². The van der Waals surface area contributed by atoms with E-state index in [1.54, 1.807) is 36.4 Å². The van der Waals surface area contributed by atoms with Gasteiger partial charge in [0, 0.05) is 10.8 Å². The number of rotatable bonds is 2. The van der Waals surface area contributed by atoms with Gasteiger partial charge in [-0.2, -0.15) is 0 Å². The van der Waals surface area contributed by atoms with Crippen molar-refractivity contribution in [2.45, 2.75) is 11.8 Å². The van der Waals surface area contributed by atoms with Gasteiger partial charge in [0.1, 0.15) is 0 Å². The summed E-state index contributed by atoms with van der Waals surface area (Å²) in [7, 11) is -3.76. The first-order valence-corrected chi connectivity index (χ1v) is 9.32. The predicted molar refractivity (Wildman–Crippen MR) is 98.2 cm³/mol. The maximum Gasteiger partial charge on any atom is 0.268 e. The molecule has 4 aromatic rings. The van der Waals surface area contributed by atoms with Gasteiger partial charge in [-0.3, -0.25) is 0 Å². The number of fused-ring (bicyclic) bond motifs is 3. The minimum atomic E-state index is -3.76. The summed E-state index contributed by atoms with van der Waals surface area (Å²) in [6, 6.07) is 19.6.